The summed E-state index contributed by atoms with van der Waals surface area (Å²) in [6.07, 6.45) is 3.48. The molecule has 1 amide bonds. The minimum atomic E-state index is -0.210. The van der Waals surface area contributed by atoms with Crippen LogP contribution in [-0.4, -0.2) is 25.6 Å². The summed E-state index contributed by atoms with van der Waals surface area (Å²) in [5.41, 5.74) is 4.97. The number of hydrogen-bond acceptors (Lipinski definition) is 6. The zero-order valence-electron chi connectivity index (χ0n) is 17.2. The Kier molecular flexibility index (Phi) is 5.43. The zero-order valence-corrected chi connectivity index (χ0v) is 18.0. The number of amides is 1. The lowest BCUT2D eigenvalue weighted by molar-refractivity contribution is 0.102. The average molecular weight is 442 g/mol. The number of pyridine rings is 1. The number of carbonyl (C=O) groups is 1. The number of nitrogens with one attached hydrogen (secondary N) is 1. The third-order valence-electron chi connectivity index (χ3n) is 4.91. The second-order valence-electron chi connectivity index (χ2n) is 7.18. The summed E-state index contributed by atoms with van der Waals surface area (Å²) in [6.45, 7) is 1.85. The van der Waals surface area contributed by atoms with Gasteiger partial charge in [0.1, 0.15) is 17.1 Å². The van der Waals surface area contributed by atoms with Crippen molar-refractivity contribution < 1.29 is 9.32 Å². The molecule has 0 aliphatic rings. The Hall–Kier alpha value is -3.91. The summed E-state index contributed by atoms with van der Waals surface area (Å²) in [6, 6.07) is 21.0. The third kappa shape index (κ3) is 4.13. The molecule has 8 heteroatoms. The Balaban J connectivity index is 1.31. The lowest BCUT2D eigenvalue weighted by Gasteiger charge is -2.10. The quantitative estimate of drug-likeness (QED) is 0.362. The standard InChI is InChI=1S/C24H19N5O2S/c1-16-13-18(28-31-16)14-32-24-20(5-4-12-25-24)23(30)27-17-8-10-19(11-9-17)29-15-26-21-6-2-3-7-22(21)29/h2-13,15H,14H2,1H3,(H,27,30). The smallest absolute Gasteiger partial charge is 0.258 e. The van der Waals surface area contributed by atoms with Crippen LogP contribution in [0.3, 0.4) is 0 Å². The number of fused-ring (bicyclic) bond motifs is 1. The van der Waals surface area contributed by atoms with Crippen LogP contribution in [0.5, 0.6) is 0 Å². The minimum absolute atomic E-state index is 0.210. The Bertz CT molecular complexity index is 1390. The van der Waals surface area contributed by atoms with Gasteiger partial charge in [-0.05, 0) is 55.5 Å². The number of aryl methyl sites for hydroxylation is 1. The summed E-state index contributed by atoms with van der Waals surface area (Å²) in [4.78, 5) is 21.7. The summed E-state index contributed by atoms with van der Waals surface area (Å²) in [5, 5.41) is 7.60. The molecule has 32 heavy (non-hydrogen) atoms. The molecule has 3 aromatic heterocycles. The molecule has 3 heterocycles. The summed E-state index contributed by atoms with van der Waals surface area (Å²) in [7, 11) is 0. The molecule has 0 radical (unpaired) electrons. The van der Waals surface area contributed by atoms with Crippen LogP contribution >= 0.6 is 11.8 Å². The van der Waals surface area contributed by atoms with Crippen molar-refractivity contribution in [1.82, 2.24) is 19.7 Å². The second kappa shape index (κ2) is 8.68. The van der Waals surface area contributed by atoms with Crippen molar-refractivity contribution >= 4 is 34.4 Å². The molecule has 5 aromatic rings. The fraction of sp³-hybridized carbons (Fsp3) is 0.0833. The van der Waals surface area contributed by atoms with Crippen LogP contribution in [-0.2, 0) is 5.75 Å². The number of para-hydroxylation sites is 2. The second-order valence-corrected chi connectivity index (χ2v) is 8.14. The SMILES string of the molecule is Cc1cc(CSc2ncccc2C(=O)Nc2ccc(-n3cnc4ccccc43)cc2)no1. The Morgan fingerprint density at radius 3 is 2.72 bits per heavy atom. The van der Waals surface area contributed by atoms with Crippen LogP contribution in [0.25, 0.3) is 16.7 Å². The highest BCUT2D eigenvalue weighted by Crippen LogP contribution is 2.25. The Morgan fingerprint density at radius 1 is 1.06 bits per heavy atom. The fourth-order valence-corrected chi connectivity index (χ4v) is 4.25. The van der Waals surface area contributed by atoms with E-state index in [0.717, 1.165) is 28.2 Å². The highest BCUT2D eigenvalue weighted by molar-refractivity contribution is 7.98. The average Bonchev–Trinajstić information content (AvgIpc) is 3.44. The van der Waals surface area contributed by atoms with Crippen LogP contribution in [0.1, 0.15) is 21.8 Å². The van der Waals surface area contributed by atoms with Crippen LogP contribution in [0.4, 0.5) is 5.69 Å². The van der Waals surface area contributed by atoms with Crippen LogP contribution in [0, 0.1) is 6.92 Å². The van der Waals surface area contributed by atoms with E-state index >= 15 is 0 Å². The van der Waals surface area contributed by atoms with Crippen molar-refractivity contribution in [2.45, 2.75) is 17.7 Å². The third-order valence-corrected chi connectivity index (χ3v) is 5.95. The molecule has 0 spiro atoms. The molecule has 7 nitrogen and oxygen atoms in total. The first-order valence-electron chi connectivity index (χ1n) is 10.0. The molecule has 0 fully saturated rings. The van der Waals surface area contributed by atoms with E-state index in [4.69, 9.17) is 4.52 Å². The number of thioether (sulfide) groups is 1. The van der Waals surface area contributed by atoms with Crippen molar-refractivity contribution in [3.8, 4) is 5.69 Å². The van der Waals surface area contributed by atoms with Crippen LogP contribution in [0.15, 0.2) is 88.8 Å². The van der Waals surface area contributed by atoms with Crippen LogP contribution < -0.4 is 5.32 Å². The number of benzene rings is 2. The molecular formula is C24H19N5O2S. The van der Waals surface area contributed by atoms with E-state index in [1.165, 1.54) is 11.8 Å². The normalized spacial score (nSPS) is 11.0. The van der Waals surface area contributed by atoms with E-state index < -0.39 is 0 Å². The predicted octanol–water partition coefficient (Wildman–Crippen LogP) is 5.26. The van der Waals surface area contributed by atoms with Crippen molar-refractivity contribution in [3.63, 3.8) is 0 Å². The first-order chi connectivity index (χ1) is 15.7. The largest absolute Gasteiger partial charge is 0.361 e. The highest BCUT2D eigenvalue weighted by Gasteiger charge is 2.14. The number of aromatic nitrogens is 4. The van der Waals surface area contributed by atoms with Gasteiger partial charge in [0.25, 0.3) is 5.91 Å². The monoisotopic (exact) mass is 441 g/mol. The molecule has 0 aliphatic carbocycles. The van der Waals surface area contributed by atoms with E-state index in [0.29, 0.717) is 22.0 Å². The van der Waals surface area contributed by atoms with Crippen molar-refractivity contribution in [2.24, 2.45) is 0 Å². The summed E-state index contributed by atoms with van der Waals surface area (Å²) >= 11 is 1.45. The number of imidazole rings is 1. The summed E-state index contributed by atoms with van der Waals surface area (Å²) < 4.78 is 7.12. The van der Waals surface area contributed by atoms with Gasteiger partial charge in [0.15, 0.2) is 0 Å². The van der Waals surface area contributed by atoms with Gasteiger partial charge in [-0.2, -0.15) is 0 Å². The Morgan fingerprint density at radius 2 is 1.91 bits per heavy atom. The van der Waals surface area contributed by atoms with Crippen molar-refractivity contribution in [1.29, 1.82) is 0 Å². The van der Waals surface area contributed by atoms with E-state index in [9.17, 15) is 4.79 Å². The van der Waals surface area contributed by atoms with Gasteiger partial charge in [-0.1, -0.05) is 29.1 Å². The highest BCUT2D eigenvalue weighted by atomic mass is 32.2. The number of hydrogen-bond donors (Lipinski definition) is 1. The Labute approximate surface area is 188 Å². The number of anilines is 1. The van der Waals surface area contributed by atoms with Gasteiger partial charge >= 0.3 is 0 Å². The van der Waals surface area contributed by atoms with Gasteiger partial charge in [-0.25, -0.2) is 9.97 Å². The topological polar surface area (TPSA) is 85.8 Å². The lowest BCUT2D eigenvalue weighted by atomic mass is 10.2. The van der Waals surface area contributed by atoms with Crippen molar-refractivity contribution in [3.05, 3.63) is 96.3 Å². The summed E-state index contributed by atoms with van der Waals surface area (Å²) in [5.74, 6) is 1.12. The molecule has 5 rings (SSSR count). The maximum Gasteiger partial charge on any atom is 0.258 e. The van der Waals surface area contributed by atoms with Crippen molar-refractivity contribution in [2.75, 3.05) is 5.32 Å². The molecule has 0 atom stereocenters. The molecular weight excluding hydrogens is 422 g/mol. The van der Waals surface area contributed by atoms with Gasteiger partial charge in [-0.15, -0.1) is 0 Å². The molecule has 0 saturated heterocycles. The molecule has 158 valence electrons. The molecule has 0 aliphatic heterocycles. The molecule has 2 aromatic carbocycles. The fourth-order valence-electron chi connectivity index (χ4n) is 3.38. The first kappa shape index (κ1) is 20.0. The van der Waals surface area contributed by atoms with E-state index in [-0.39, 0.29) is 5.91 Å². The van der Waals surface area contributed by atoms with E-state index in [2.05, 4.69) is 20.4 Å². The van der Waals surface area contributed by atoms with E-state index in [1.807, 2.05) is 66.1 Å². The van der Waals surface area contributed by atoms with Gasteiger partial charge < -0.3 is 9.84 Å². The predicted molar refractivity (Wildman–Crippen MR) is 124 cm³/mol. The molecule has 0 bridgehead atoms. The van der Waals surface area contributed by atoms with E-state index in [1.54, 1.807) is 24.7 Å². The number of carbonyl (C=O) groups excluding carboxylic acids is 1. The van der Waals surface area contributed by atoms with Gasteiger partial charge in [0.05, 0.1) is 22.3 Å². The number of rotatable bonds is 6. The maximum absolute atomic E-state index is 12.9. The van der Waals surface area contributed by atoms with Gasteiger partial charge in [-0.3, -0.25) is 9.36 Å². The maximum atomic E-state index is 12.9. The van der Waals surface area contributed by atoms with Gasteiger partial charge in [0.2, 0.25) is 0 Å². The molecule has 1 N–H and O–H groups in total. The minimum Gasteiger partial charge on any atom is -0.361 e. The number of nitrogens with zero attached hydrogens (tertiary/aromatic N) is 4. The molecule has 0 saturated carbocycles. The molecule has 0 unspecified atom stereocenters. The zero-order chi connectivity index (χ0) is 21.9. The lowest BCUT2D eigenvalue weighted by Crippen LogP contribution is -2.13. The first-order valence-corrected chi connectivity index (χ1v) is 11.0. The van der Waals surface area contributed by atoms with Gasteiger partial charge in [0, 0.05) is 29.4 Å². The van der Waals surface area contributed by atoms with Crippen LogP contribution in [0.2, 0.25) is 0 Å².